The lowest BCUT2D eigenvalue weighted by molar-refractivity contribution is 0.105. The summed E-state index contributed by atoms with van der Waals surface area (Å²) in [6.07, 6.45) is 27.6. The third kappa shape index (κ3) is 12.0. The molecule has 0 spiro atoms. The van der Waals surface area contributed by atoms with Gasteiger partial charge < -0.3 is 20.4 Å². The second-order valence-electron chi connectivity index (χ2n) is 14.2. The Labute approximate surface area is 267 Å². The molecular formula is C40H58O4. The van der Waals surface area contributed by atoms with Gasteiger partial charge in [0.1, 0.15) is 0 Å². The normalized spacial score (nSPS) is 26.5. The van der Waals surface area contributed by atoms with Crippen LogP contribution < -0.4 is 0 Å². The standard InChI is InChI=1S/C40H58O4/c1-28(16-12-17-30(3)20-21-36-31(4)22-34(42)25-39(36,6)7)14-10-11-15-29(2)18-13-19-33(27-41)38(44)24-37-32(5)23-35(43)26-40(37,8)9/h10-22,34-36,38,41-44H,23-27H2,1-9H3/b11-10+,16-12+,18-13+,21-20+,28-14-,29-15-,30-17-,33-19-. The smallest absolute Gasteiger partial charge is 0.0812 e. The molecule has 0 aromatic carbocycles. The third-order valence-electron chi connectivity index (χ3n) is 8.92. The van der Waals surface area contributed by atoms with Gasteiger partial charge in [-0.05, 0) is 76.7 Å². The van der Waals surface area contributed by atoms with Crippen molar-refractivity contribution in [1.29, 1.82) is 0 Å². The Morgan fingerprint density at radius 2 is 1.39 bits per heavy atom. The first-order valence-corrected chi connectivity index (χ1v) is 16.0. The van der Waals surface area contributed by atoms with Crippen LogP contribution >= 0.6 is 0 Å². The maximum Gasteiger partial charge on any atom is 0.0812 e. The predicted octanol–water partition coefficient (Wildman–Crippen LogP) is 8.57. The minimum atomic E-state index is -0.760. The largest absolute Gasteiger partial charge is 0.393 e. The molecule has 2 aliphatic rings. The molecule has 0 saturated carbocycles. The van der Waals surface area contributed by atoms with Gasteiger partial charge in [-0.3, -0.25) is 0 Å². The van der Waals surface area contributed by atoms with E-state index in [1.165, 1.54) is 16.7 Å². The lowest BCUT2D eigenvalue weighted by Gasteiger charge is -2.38. The van der Waals surface area contributed by atoms with Gasteiger partial charge in [0.25, 0.3) is 0 Å². The lowest BCUT2D eigenvalue weighted by atomic mass is 9.67. The molecule has 0 saturated heterocycles. The Morgan fingerprint density at radius 1 is 0.841 bits per heavy atom. The van der Waals surface area contributed by atoms with Gasteiger partial charge in [-0.15, -0.1) is 0 Å². The number of hydrogen-bond donors (Lipinski definition) is 4. The third-order valence-corrected chi connectivity index (χ3v) is 8.92. The van der Waals surface area contributed by atoms with Crippen LogP contribution in [0.3, 0.4) is 0 Å². The van der Waals surface area contributed by atoms with E-state index in [4.69, 9.17) is 0 Å². The molecule has 242 valence electrons. The highest BCUT2D eigenvalue weighted by Gasteiger charge is 2.35. The molecule has 4 heteroatoms. The average Bonchev–Trinajstić information content (AvgIpc) is 2.89. The van der Waals surface area contributed by atoms with Crippen LogP contribution in [0.25, 0.3) is 0 Å². The number of aliphatic hydroxyl groups excluding tert-OH is 4. The van der Waals surface area contributed by atoms with E-state index in [1.807, 2.05) is 50.3 Å². The summed E-state index contributed by atoms with van der Waals surface area (Å²) < 4.78 is 0. The molecule has 2 rings (SSSR count). The predicted molar refractivity (Wildman–Crippen MR) is 187 cm³/mol. The summed E-state index contributed by atoms with van der Waals surface area (Å²) in [5, 5.41) is 41.0. The van der Waals surface area contributed by atoms with Crippen LogP contribution in [0, 0.1) is 16.7 Å². The molecule has 44 heavy (non-hydrogen) atoms. The molecule has 4 nitrogen and oxygen atoms in total. The number of hydrogen-bond acceptors (Lipinski definition) is 4. The first-order chi connectivity index (χ1) is 20.6. The molecule has 2 aliphatic carbocycles. The van der Waals surface area contributed by atoms with Gasteiger partial charge in [0.15, 0.2) is 0 Å². The quantitative estimate of drug-likeness (QED) is 0.133. The molecule has 0 bridgehead atoms. The van der Waals surface area contributed by atoms with Crippen molar-refractivity contribution in [1.82, 2.24) is 0 Å². The zero-order valence-corrected chi connectivity index (χ0v) is 28.6. The van der Waals surface area contributed by atoms with Crippen molar-refractivity contribution >= 4 is 0 Å². The van der Waals surface area contributed by atoms with Crippen molar-refractivity contribution in [2.24, 2.45) is 16.7 Å². The van der Waals surface area contributed by atoms with Gasteiger partial charge in [-0.25, -0.2) is 0 Å². The van der Waals surface area contributed by atoms with E-state index in [-0.39, 0.29) is 29.6 Å². The summed E-state index contributed by atoms with van der Waals surface area (Å²) in [6.45, 7) is 18.8. The SMILES string of the molecule is CC1=CC(O)CC(C)(C)C1/C=C/C(C)=C\C=C\C(C)=C/C=C/C=C(C)\C=C\C=C(\CO)C(O)CC1=C(C)CC(O)CC1(C)C. The van der Waals surface area contributed by atoms with Gasteiger partial charge >= 0.3 is 0 Å². The second-order valence-corrected chi connectivity index (χ2v) is 14.2. The van der Waals surface area contributed by atoms with Gasteiger partial charge in [0.2, 0.25) is 0 Å². The minimum absolute atomic E-state index is 0.0383. The molecule has 0 amide bonds. The minimum Gasteiger partial charge on any atom is -0.393 e. The Balaban J connectivity index is 1.93. The molecule has 0 aliphatic heterocycles. The van der Waals surface area contributed by atoms with Crippen LogP contribution in [0.4, 0.5) is 0 Å². The van der Waals surface area contributed by atoms with Crippen molar-refractivity contribution in [3.63, 3.8) is 0 Å². The van der Waals surface area contributed by atoms with Gasteiger partial charge in [-0.2, -0.15) is 0 Å². The summed E-state index contributed by atoms with van der Waals surface area (Å²) in [5.74, 6) is 0.327. The molecule has 0 radical (unpaired) electrons. The van der Waals surface area contributed by atoms with Gasteiger partial charge in [0, 0.05) is 5.92 Å². The summed E-state index contributed by atoms with van der Waals surface area (Å²) in [7, 11) is 0. The summed E-state index contributed by atoms with van der Waals surface area (Å²) in [6, 6.07) is 0. The van der Waals surface area contributed by atoms with E-state index in [1.54, 1.807) is 6.08 Å². The maximum atomic E-state index is 10.9. The Hall–Kier alpha value is -2.76. The average molecular weight is 603 g/mol. The molecule has 0 fully saturated rings. The Morgan fingerprint density at radius 3 is 1.93 bits per heavy atom. The summed E-state index contributed by atoms with van der Waals surface area (Å²) >= 11 is 0. The van der Waals surface area contributed by atoms with E-state index in [0.717, 1.165) is 23.1 Å². The molecule has 0 heterocycles. The van der Waals surface area contributed by atoms with Crippen LogP contribution in [0.5, 0.6) is 0 Å². The lowest BCUT2D eigenvalue weighted by Crippen LogP contribution is -2.32. The van der Waals surface area contributed by atoms with Crippen molar-refractivity contribution in [2.75, 3.05) is 6.61 Å². The Kier molecular flexibility index (Phi) is 14.5. The fourth-order valence-electron chi connectivity index (χ4n) is 6.55. The fraction of sp³-hybridized carbons (Fsp3) is 0.500. The van der Waals surface area contributed by atoms with E-state index in [9.17, 15) is 20.4 Å². The van der Waals surface area contributed by atoms with E-state index < -0.39 is 6.10 Å². The van der Waals surface area contributed by atoms with Crippen LogP contribution in [-0.4, -0.2) is 45.3 Å². The van der Waals surface area contributed by atoms with Crippen molar-refractivity contribution in [3.8, 4) is 0 Å². The van der Waals surface area contributed by atoms with Gasteiger partial charge in [0.05, 0.1) is 24.9 Å². The van der Waals surface area contributed by atoms with Gasteiger partial charge in [-0.1, -0.05) is 140 Å². The maximum absolute atomic E-state index is 10.9. The highest BCUT2D eigenvalue weighted by molar-refractivity contribution is 5.33. The van der Waals surface area contributed by atoms with Crippen molar-refractivity contribution in [3.05, 3.63) is 118 Å². The zero-order chi connectivity index (χ0) is 33.1. The number of allylic oxidation sites excluding steroid dienone is 16. The van der Waals surface area contributed by atoms with Crippen molar-refractivity contribution < 1.29 is 20.4 Å². The first kappa shape index (κ1) is 37.4. The van der Waals surface area contributed by atoms with Crippen LogP contribution in [0.2, 0.25) is 0 Å². The topological polar surface area (TPSA) is 80.9 Å². The monoisotopic (exact) mass is 602 g/mol. The van der Waals surface area contributed by atoms with E-state index in [2.05, 4.69) is 84.9 Å². The first-order valence-electron chi connectivity index (χ1n) is 16.0. The molecular weight excluding hydrogens is 544 g/mol. The summed E-state index contributed by atoms with van der Waals surface area (Å²) in [4.78, 5) is 0. The van der Waals surface area contributed by atoms with E-state index >= 15 is 0 Å². The molecule has 4 N–H and O–H groups in total. The van der Waals surface area contributed by atoms with Crippen LogP contribution in [0.1, 0.15) is 88.0 Å². The Bertz CT molecular complexity index is 1290. The van der Waals surface area contributed by atoms with Crippen LogP contribution in [0.15, 0.2) is 118 Å². The highest BCUT2D eigenvalue weighted by atomic mass is 16.3. The second kappa shape index (κ2) is 17.1. The van der Waals surface area contributed by atoms with Crippen LogP contribution in [-0.2, 0) is 0 Å². The molecule has 0 aromatic rings. The zero-order valence-electron chi connectivity index (χ0n) is 28.6. The molecule has 0 aromatic heterocycles. The number of aliphatic hydroxyl groups is 4. The fourth-order valence-corrected chi connectivity index (χ4v) is 6.55. The van der Waals surface area contributed by atoms with Crippen molar-refractivity contribution in [2.45, 2.75) is 106 Å². The summed E-state index contributed by atoms with van der Waals surface area (Å²) in [5.41, 5.74) is 7.37. The van der Waals surface area contributed by atoms with E-state index in [0.29, 0.717) is 30.8 Å². The molecule has 4 atom stereocenters. The number of rotatable bonds is 12. The highest BCUT2D eigenvalue weighted by Crippen LogP contribution is 2.43. The molecule has 4 unspecified atom stereocenters.